The minimum Gasteiger partial charge on any atom is -0.383 e. The summed E-state index contributed by atoms with van der Waals surface area (Å²) >= 11 is 0. The molecule has 0 aliphatic heterocycles. The van der Waals surface area contributed by atoms with Gasteiger partial charge >= 0.3 is 0 Å². The van der Waals surface area contributed by atoms with E-state index >= 15 is 0 Å². The Morgan fingerprint density at radius 1 is 1.33 bits per heavy atom. The fourth-order valence-electron chi connectivity index (χ4n) is 1.03. The normalized spacial score (nSPS) is 12.8. The molecule has 0 spiro atoms. The smallest absolute Gasteiger partial charge is 0.180 e. The molecule has 0 unspecified atom stereocenters. The number of rotatable bonds is 1. The minimum absolute atomic E-state index is 0.0115. The molecular weight excluding hydrogens is 214 g/mol. The van der Waals surface area contributed by atoms with Crippen LogP contribution in [0.3, 0.4) is 0 Å². The van der Waals surface area contributed by atoms with Crippen LogP contribution in [0.5, 0.6) is 0 Å². The zero-order chi connectivity index (χ0) is 11.9. The van der Waals surface area contributed by atoms with Gasteiger partial charge in [-0.1, -0.05) is 20.8 Å². The molecule has 2 N–H and O–H groups in total. The number of nitrogens with zero attached hydrogens (tertiary/aromatic N) is 2. The van der Waals surface area contributed by atoms with Crippen LogP contribution in [0.1, 0.15) is 26.6 Å². The maximum absolute atomic E-state index is 11.3. The van der Waals surface area contributed by atoms with Gasteiger partial charge in [-0.15, -0.1) is 0 Å². The highest BCUT2D eigenvalue weighted by Gasteiger charge is 2.21. The first-order chi connectivity index (χ1) is 6.62. The average Bonchev–Trinajstić information content (AvgIpc) is 1.99. The molecule has 6 heteroatoms. The van der Waals surface area contributed by atoms with E-state index < -0.39 is 9.84 Å². The molecule has 84 valence electrons. The van der Waals surface area contributed by atoms with Crippen molar-refractivity contribution in [3.8, 4) is 0 Å². The molecule has 0 bridgehead atoms. The molecular formula is C9H15N3O2S. The van der Waals surface area contributed by atoms with Crippen LogP contribution in [0.4, 0.5) is 5.82 Å². The van der Waals surface area contributed by atoms with Crippen LogP contribution in [0.2, 0.25) is 0 Å². The lowest BCUT2D eigenvalue weighted by Gasteiger charge is -2.16. The van der Waals surface area contributed by atoms with Crippen molar-refractivity contribution in [2.45, 2.75) is 31.1 Å². The van der Waals surface area contributed by atoms with Crippen molar-refractivity contribution < 1.29 is 8.42 Å². The van der Waals surface area contributed by atoms with Gasteiger partial charge in [0.2, 0.25) is 0 Å². The molecule has 0 aliphatic carbocycles. The lowest BCUT2D eigenvalue weighted by molar-refractivity contribution is 0.543. The number of nitrogens with two attached hydrogens (primary N) is 1. The van der Waals surface area contributed by atoms with Crippen molar-refractivity contribution in [2.75, 3.05) is 12.0 Å². The monoisotopic (exact) mass is 229 g/mol. The second-order valence-electron chi connectivity index (χ2n) is 4.47. The number of hydrogen-bond donors (Lipinski definition) is 1. The van der Waals surface area contributed by atoms with Crippen LogP contribution >= 0.6 is 0 Å². The largest absolute Gasteiger partial charge is 0.383 e. The lowest BCUT2D eigenvalue weighted by Crippen LogP contribution is -2.18. The van der Waals surface area contributed by atoms with Crippen LogP contribution in [-0.4, -0.2) is 24.6 Å². The highest BCUT2D eigenvalue weighted by molar-refractivity contribution is 7.90. The van der Waals surface area contributed by atoms with Crippen molar-refractivity contribution >= 4 is 15.7 Å². The molecule has 0 saturated heterocycles. The maximum atomic E-state index is 11.3. The number of aromatic nitrogens is 2. The SMILES string of the molecule is CC(C)(C)c1ncc(S(C)(=O)=O)c(N)n1. The van der Waals surface area contributed by atoms with Crippen LogP contribution in [0, 0.1) is 0 Å². The second kappa shape index (κ2) is 3.44. The van der Waals surface area contributed by atoms with E-state index in [1.165, 1.54) is 6.20 Å². The summed E-state index contributed by atoms with van der Waals surface area (Å²) in [6.45, 7) is 5.80. The highest BCUT2D eigenvalue weighted by atomic mass is 32.2. The van der Waals surface area contributed by atoms with Crippen LogP contribution < -0.4 is 5.73 Å². The second-order valence-corrected chi connectivity index (χ2v) is 6.45. The van der Waals surface area contributed by atoms with E-state index in [0.29, 0.717) is 5.82 Å². The standard InChI is InChI=1S/C9H15N3O2S/c1-9(2,3)8-11-5-6(7(10)12-8)15(4,13)14/h5H,1-4H3,(H2,10,11,12). The summed E-state index contributed by atoms with van der Waals surface area (Å²) in [5.41, 5.74) is 5.33. The van der Waals surface area contributed by atoms with E-state index in [0.717, 1.165) is 6.26 Å². The molecule has 1 heterocycles. The Labute approximate surface area is 89.7 Å². The quantitative estimate of drug-likeness (QED) is 0.768. The van der Waals surface area contributed by atoms with E-state index in [1.807, 2.05) is 20.8 Å². The van der Waals surface area contributed by atoms with Gasteiger partial charge in [-0.05, 0) is 0 Å². The first-order valence-electron chi connectivity index (χ1n) is 4.45. The average molecular weight is 229 g/mol. The molecule has 15 heavy (non-hydrogen) atoms. The summed E-state index contributed by atoms with van der Waals surface area (Å²) in [6, 6.07) is 0. The van der Waals surface area contributed by atoms with Gasteiger partial charge in [-0.3, -0.25) is 0 Å². The Balaban J connectivity index is 3.34. The summed E-state index contributed by atoms with van der Waals surface area (Å²) in [7, 11) is -3.35. The zero-order valence-corrected chi connectivity index (χ0v) is 10.1. The van der Waals surface area contributed by atoms with Gasteiger partial charge in [0, 0.05) is 11.7 Å². The minimum atomic E-state index is -3.35. The highest BCUT2D eigenvalue weighted by Crippen LogP contribution is 2.21. The van der Waals surface area contributed by atoms with Crippen molar-refractivity contribution in [1.29, 1.82) is 0 Å². The summed E-state index contributed by atoms with van der Waals surface area (Å²) in [5.74, 6) is 0.546. The molecule has 0 atom stereocenters. The summed E-state index contributed by atoms with van der Waals surface area (Å²) < 4.78 is 22.5. The molecule has 0 radical (unpaired) electrons. The molecule has 0 fully saturated rings. The molecule has 0 amide bonds. The van der Waals surface area contributed by atoms with Gasteiger partial charge in [-0.2, -0.15) is 0 Å². The van der Waals surface area contributed by atoms with Crippen LogP contribution in [0.25, 0.3) is 0 Å². The number of anilines is 1. The van der Waals surface area contributed by atoms with Gasteiger partial charge in [0.1, 0.15) is 16.5 Å². The topological polar surface area (TPSA) is 85.9 Å². The van der Waals surface area contributed by atoms with E-state index in [1.54, 1.807) is 0 Å². The number of sulfone groups is 1. The van der Waals surface area contributed by atoms with Crippen LogP contribution in [-0.2, 0) is 15.3 Å². The Morgan fingerprint density at radius 3 is 2.20 bits per heavy atom. The van der Waals surface area contributed by atoms with E-state index in [-0.39, 0.29) is 16.1 Å². The van der Waals surface area contributed by atoms with E-state index in [9.17, 15) is 8.42 Å². The molecule has 5 nitrogen and oxygen atoms in total. The Hall–Kier alpha value is -1.17. The Bertz CT molecular complexity index is 475. The third-order valence-corrected chi connectivity index (χ3v) is 2.97. The molecule has 0 aliphatic rings. The molecule has 0 saturated carbocycles. The van der Waals surface area contributed by atoms with Gasteiger partial charge in [0.05, 0.1) is 6.20 Å². The summed E-state index contributed by atoms with van der Waals surface area (Å²) in [6.07, 6.45) is 2.34. The predicted molar refractivity (Wildman–Crippen MR) is 58.3 cm³/mol. The van der Waals surface area contributed by atoms with Crippen molar-refractivity contribution in [2.24, 2.45) is 0 Å². The predicted octanol–water partition coefficient (Wildman–Crippen LogP) is 0.760. The Morgan fingerprint density at radius 2 is 1.87 bits per heavy atom. The van der Waals surface area contributed by atoms with Crippen molar-refractivity contribution in [3.63, 3.8) is 0 Å². The van der Waals surface area contributed by atoms with Crippen LogP contribution in [0.15, 0.2) is 11.1 Å². The molecule has 1 aromatic heterocycles. The first-order valence-corrected chi connectivity index (χ1v) is 6.34. The fourth-order valence-corrected chi connectivity index (χ4v) is 1.70. The molecule has 1 rings (SSSR count). The van der Waals surface area contributed by atoms with Gasteiger partial charge in [0.25, 0.3) is 0 Å². The summed E-state index contributed by atoms with van der Waals surface area (Å²) in [5, 5.41) is 0. The maximum Gasteiger partial charge on any atom is 0.180 e. The van der Waals surface area contributed by atoms with E-state index in [2.05, 4.69) is 9.97 Å². The number of hydrogen-bond acceptors (Lipinski definition) is 5. The van der Waals surface area contributed by atoms with Crippen molar-refractivity contribution in [1.82, 2.24) is 9.97 Å². The van der Waals surface area contributed by atoms with Crippen molar-refractivity contribution in [3.05, 3.63) is 12.0 Å². The van der Waals surface area contributed by atoms with Gasteiger partial charge in [-0.25, -0.2) is 18.4 Å². The first kappa shape index (κ1) is 11.9. The third kappa shape index (κ3) is 2.65. The summed E-state index contributed by atoms with van der Waals surface area (Å²) in [4.78, 5) is 7.99. The molecule has 1 aromatic rings. The number of nitrogen functional groups attached to an aromatic ring is 1. The molecule has 0 aromatic carbocycles. The van der Waals surface area contributed by atoms with Gasteiger partial charge in [0.15, 0.2) is 9.84 Å². The Kier molecular flexibility index (Phi) is 2.73. The fraction of sp³-hybridized carbons (Fsp3) is 0.556. The van der Waals surface area contributed by atoms with E-state index in [4.69, 9.17) is 5.73 Å². The van der Waals surface area contributed by atoms with Gasteiger partial charge < -0.3 is 5.73 Å². The third-order valence-electron chi connectivity index (χ3n) is 1.85. The lowest BCUT2D eigenvalue weighted by atomic mass is 9.96. The zero-order valence-electron chi connectivity index (χ0n) is 9.27.